The number of benzene rings is 2. The number of aryl methyl sites for hydroxylation is 1. The zero-order chi connectivity index (χ0) is 15.6. The minimum absolute atomic E-state index is 0.239. The van der Waals surface area contributed by atoms with Crippen LogP contribution in [0.2, 0.25) is 0 Å². The van der Waals surface area contributed by atoms with Gasteiger partial charge in [-0.15, -0.1) is 0 Å². The Labute approximate surface area is 126 Å². The summed E-state index contributed by atoms with van der Waals surface area (Å²) in [6.45, 7) is 5.46. The average molecular weight is 304 g/mol. The molecule has 5 heteroatoms. The summed E-state index contributed by atoms with van der Waals surface area (Å²) in [4.78, 5) is 0.239. The van der Waals surface area contributed by atoms with Gasteiger partial charge in [0.2, 0.25) is 10.0 Å². The minimum atomic E-state index is -3.61. The van der Waals surface area contributed by atoms with Crippen molar-refractivity contribution in [2.45, 2.75) is 31.7 Å². The second-order valence-corrected chi connectivity index (χ2v) is 6.90. The van der Waals surface area contributed by atoms with Gasteiger partial charge in [0.05, 0.1) is 4.90 Å². The Morgan fingerprint density at radius 2 is 1.71 bits per heavy atom. The van der Waals surface area contributed by atoms with E-state index in [1.807, 2.05) is 44.2 Å². The van der Waals surface area contributed by atoms with Crippen LogP contribution in [0.3, 0.4) is 0 Å². The van der Waals surface area contributed by atoms with Gasteiger partial charge >= 0.3 is 0 Å². The van der Waals surface area contributed by atoms with E-state index in [-0.39, 0.29) is 10.9 Å². The SMILES string of the molecule is Cc1cc(N)cc(S(=O)(=O)NC(C)c2ccccc2)c1C. The Balaban J connectivity index is 2.35. The Hall–Kier alpha value is -1.85. The summed E-state index contributed by atoms with van der Waals surface area (Å²) < 4.78 is 27.8. The molecule has 1 atom stereocenters. The lowest BCUT2D eigenvalue weighted by Crippen LogP contribution is -2.27. The van der Waals surface area contributed by atoms with E-state index in [4.69, 9.17) is 5.73 Å². The highest BCUT2D eigenvalue weighted by molar-refractivity contribution is 7.89. The van der Waals surface area contributed by atoms with Gasteiger partial charge in [0.15, 0.2) is 0 Å². The molecule has 112 valence electrons. The largest absolute Gasteiger partial charge is 0.399 e. The Morgan fingerprint density at radius 1 is 1.10 bits per heavy atom. The molecule has 0 aromatic heterocycles. The summed E-state index contributed by atoms with van der Waals surface area (Å²) in [5, 5.41) is 0. The average Bonchev–Trinajstić information content (AvgIpc) is 2.43. The maximum absolute atomic E-state index is 12.6. The summed E-state index contributed by atoms with van der Waals surface area (Å²) in [6, 6.07) is 12.4. The van der Waals surface area contributed by atoms with Gasteiger partial charge < -0.3 is 5.73 Å². The maximum atomic E-state index is 12.6. The fourth-order valence-corrected chi connectivity index (χ4v) is 3.82. The highest BCUT2D eigenvalue weighted by Gasteiger charge is 2.21. The van der Waals surface area contributed by atoms with E-state index in [0.29, 0.717) is 5.69 Å². The molecule has 3 N–H and O–H groups in total. The third kappa shape index (κ3) is 3.43. The number of sulfonamides is 1. The number of nitrogen functional groups attached to an aromatic ring is 1. The topological polar surface area (TPSA) is 72.2 Å². The molecule has 0 aliphatic carbocycles. The molecule has 2 aromatic rings. The van der Waals surface area contributed by atoms with Crippen LogP contribution < -0.4 is 10.5 Å². The van der Waals surface area contributed by atoms with Crippen LogP contribution in [0.25, 0.3) is 0 Å². The van der Waals surface area contributed by atoms with Crippen molar-refractivity contribution in [1.82, 2.24) is 4.72 Å². The van der Waals surface area contributed by atoms with Gasteiger partial charge in [-0.2, -0.15) is 0 Å². The van der Waals surface area contributed by atoms with Crippen molar-refractivity contribution >= 4 is 15.7 Å². The van der Waals surface area contributed by atoms with E-state index in [1.165, 1.54) is 6.07 Å². The fourth-order valence-electron chi connectivity index (χ4n) is 2.24. The van der Waals surface area contributed by atoms with Gasteiger partial charge in [0, 0.05) is 11.7 Å². The third-order valence-corrected chi connectivity index (χ3v) is 5.23. The van der Waals surface area contributed by atoms with E-state index in [9.17, 15) is 8.42 Å². The highest BCUT2D eigenvalue weighted by Crippen LogP contribution is 2.24. The number of nitrogens with two attached hydrogens (primary N) is 1. The van der Waals surface area contributed by atoms with Crippen LogP contribution in [-0.2, 0) is 10.0 Å². The summed E-state index contributed by atoms with van der Waals surface area (Å²) in [7, 11) is -3.61. The standard InChI is InChI=1S/C16H20N2O2S/c1-11-9-15(17)10-16(12(11)2)21(19,20)18-13(3)14-7-5-4-6-8-14/h4-10,13,18H,17H2,1-3H3. The van der Waals surface area contributed by atoms with Gasteiger partial charge in [-0.3, -0.25) is 0 Å². The lowest BCUT2D eigenvalue weighted by atomic mass is 10.1. The number of rotatable bonds is 4. The zero-order valence-corrected chi connectivity index (χ0v) is 13.2. The maximum Gasteiger partial charge on any atom is 0.241 e. The van der Waals surface area contributed by atoms with Crippen LogP contribution in [0.4, 0.5) is 5.69 Å². The van der Waals surface area contributed by atoms with Crippen LogP contribution in [0.5, 0.6) is 0 Å². The van der Waals surface area contributed by atoms with Crippen molar-refractivity contribution in [2.24, 2.45) is 0 Å². The summed E-state index contributed by atoms with van der Waals surface area (Å²) in [5.41, 5.74) is 8.72. The zero-order valence-electron chi connectivity index (χ0n) is 12.4. The molecule has 0 aliphatic rings. The van der Waals surface area contributed by atoms with Crippen molar-refractivity contribution < 1.29 is 8.42 Å². The predicted octanol–water partition coefficient (Wildman–Crippen LogP) is 2.93. The molecule has 0 spiro atoms. The van der Waals surface area contributed by atoms with Gasteiger partial charge in [-0.25, -0.2) is 13.1 Å². The molecular weight excluding hydrogens is 284 g/mol. The first-order chi connectivity index (χ1) is 9.81. The molecule has 0 radical (unpaired) electrons. The minimum Gasteiger partial charge on any atom is -0.399 e. The first-order valence-electron chi connectivity index (χ1n) is 6.75. The molecular formula is C16H20N2O2S. The van der Waals surface area contributed by atoms with Crippen LogP contribution in [0.1, 0.15) is 29.7 Å². The molecule has 1 unspecified atom stereocenters. The van der Waals surface area contributed by atoms with E-state index in [2.05, 4.69) is 4.72 Å². The highest BCUT2D eigenvalue weighted by atomic mass is 32.2. The predicted molar refractivity (Wildman–Crippen MR) is 85.5 cm³/mol. The Kier molecular flexibility index (Phi) is 4.34. The second kappa shape index (κ2) is 5.87. The molecule has 2 rings (SSSR count). The molecule has 0 fully saturated rings. The molecule has 0 bridgehead atoms. The molecule has 0 amide bonds. The van der Waals surface area contributed by atoms with E-state index < -0.39 is 10.0 Å². The van der Waals surface area contributed by atoms with Crippen molar-refractivity contribution in [1.29, 1.82) is 0 Å². The smallest absolute Gasteiger partial charge is 0.241 e. The van der Waals surface area contributed by atoms with Crippen LogP contribution in [0, 0.1) is 13.8 Å². The molecule has 4 nitrogen and oxygen atoms in total. The van der Waals surface area contributed by atoms with Crippen molar-refractivity contribution in [3.05, 3.63) is 59.2 Å². The van der Waals surface area contributed by atoms with Crippen molar-refractivity contribution in [2.75, 3.05) is 5.73 Å². The Morgan fingerprint density at radius 3 is 2.33 bits per heavy atom. The van der Waals surface area contributed by atoms with E-state index in [0.717, 1.165) is 16.7 Å². The van der Waals surface area contributed by atoms with Crippen LogP contribution in [-0.4, -0.2) is 8.42 Å². The molecule has 2 aromatic carbocycles. The summed E-state index contributed by atoms with van der Waals surface area (Å²) >= 11 is 0. The van der Waals surface area contributed by atoms with Gasteiger partial charge in [0.1, 0.15) is 0 Å². The molecule has 21 heavy (non-hydrogen) atoms. The lowest BCUT2D eigenvalue weighted by molar-refractivity contribution is 0.566. The van der Waals surface area contributed by atoms with Crippen LogP contribution >= 0.6 is 0 Å². The summed E-state index contributed by atoms with van der Waals surface area (Å²) in [6.07, 6.45) is 0. The molecule has 0 saturated heterocycles. The number of hydrogen-bond acceptors (Lipinski definition) is 3. The quantitative estimate of drug-likeness (QED) is 0.853. The summed E-state index contributed by atoms with van der Waals surface area (Å²) in [5.74, 6) is 0. The first-order valence-corrected chi connectivity index (χ1v) is 8.23. The molecule has 0 aliphatic heterocycles. The van der Waals surface area contributed by atoms with Crippen molar-refractivity contribution in [3.63, 3.8) is 0 Å². The fraction of sp³-hybridized carbons (Fsp3) is 0.250. The van der Waals surface area contributed by atoms with E-state index in [1.54, 1.807) is 13.0 Å². The van der Waals surface area contributed by atoms with Gasteiger partial charge in [-0.1, -0.05) is 30.3 Å². The monoisotopic (exact) mass is 304 g/mol. The van der Waals surface area contributed by atoms with Crippen molar-refractivity contribution in [3.8, 4) is 0 Å². The second-order valence-electron chi connectivity index (χ2n) is 5.21. The third-order valence-electron chi connectivity index (χ3n) is 3.56. The number of anilines is 1. The first kappa shape index (κ1) is 15.5. The van der Waals surface area contributed by atoms with Gasteiger partial charge in [0.25, 0.3) is 0 Å². The molecule has 0 heterocycles. The van der Waals surface area contributed by atoms with E-state index >= 15 is 0 Å². The lowest BCUT2D eigenvalue weighted by Gasteiger charge is -2.17. The number of hydrogen-bond donors (Lipinski definition) is 2. The number of nitrogens with one attached hydrogen (secondary N) is 1. The normalized spacial score (nSPS) is 13.1. The van der Waals surface area contributed by atoms with Crippen LogP contribution in [0.15, 0.2) is 47.4 Å². The Bertz CT molecular complexity index is 740. The van der Waals surface area contributed by atoms with Gasteiger partial charge in [-0.05, 0) is 49.6 Å². The molecule has 0 saturated carbocycles.